The molecule has 0 rings (SSSR count). The van der Waals surface area contributed by atoms with Crippen LogP contribution in [0, 0.1) is 5.92 Å². The molecule has 2 heteroatoms. The average Bonchev–Trinajstić information content (AvgIpc) is 2.24. The molecule has 0 aromatic heterocycles. The van der Waals surface area contributed by atoms with Gasteiger partial charge in [0, 0.05) is 6.42 Å². The van der Waals surface area contributed by atoms with E-state index in [1.165, 1.54) is 5.57 Å². The highest BCUT2D eigenvalue weighted by Crippen LogP contribution is 2.26. The van der Waals surface area contributed by atoms with Gasteiger partial charge in [0.1, 0.15) is 0 Å². The molecule has 0 heterocycles. The molecule has 0 N–H and O–H groups in total. The Morgan fingerprint density at radius 2 is 1.69 bits per heavy atom. The average molecular weight is 230 g/mol. The molecule has 1 unspecified atom stereocenters. The third-order valence-corrected chi connectivity index (χ3v) is 3.21. The standard InChI is InChI=1S/C14H24F2/c1-6-10(3)8-11(4)12(5)13(7-2)9-14(15)16/h8,13-14H,6-7,9H2,1-5H3/b10-8-,12-11+. The minimum Gasteiger partial charge on any atom is -0.211 e. The van der Waals surface area contributed by atoms with Crippen LogP contribution >= 0.6 is 0 Å². The second-order valence-corrected chi connectivity index (χ2v) is 4.44. The smallest absolute Gasteiger partial charge is 0.211 e. The molecule has 0 aliphatic carbocycles. The van der Waals surface area contributed by atoms with Crippen molar-refractivity contribution in [2.75, 3.05) is 0 Å². The zero-order valence-corrected chi connectivity index (χ0v) is 11.1. The molecule has 0 nitrogen and oxygen atoms in total. The fourth-order valence-corrected chi connectivity index (χ4v) is 1.77. The van der Waals surface area contributed by atoms with Crippen LogP contribution in [0.3, 0.4) is 0 Å². The maximum atomic E-state index is 12.4. The molecule has 0 saturated heterocycles. The van der Waals surface area contributed by atoms with Gasteiger partial charge in [0.05, 0.1) is 0 Å². The fourth-order valence-electron chi connectivity index (χ4n) is 1.77. The van der Waals surface area contributed by atoms with E-state index in [1.54, 1.807) is 0 Å². The van der Waals surface area contributed by atoms with Gasteiger partial charge in [-0.15, -0.1) is 0 Å². The first-order valence-corrected chi connectivity index (χ1v) is 6.04. The lowest BCUT2D eigenvalue weighted by Crippen LogP contribution is -2.07. The van der Waals surface area contributed by atoms with Crippen molar-refractivity contribution >= 4 is 0 Å². The Balaban J connectivity index is 4.81. The van der Waals surface area contributed by atoms with Gasteiger partial charge < -0.3 is 0 Å². The summed E-state index contributed by atoms with van der Waals surface area (Å²) in [6.07, 6.45) is 1.69. The minimum absolute atomic E-state index is 0.0147. The Bertz CT molecular complexity index is 262. The van der Waals surface area contributed by atoms with Crippen molar-refractivity contribution in [1.29, 1.82) is 0 Å². The van der Waals surface area contributed by atoms with Crippen LogP contribution in [0.5, 0.6) is 0 Å². The topological polar surface area (TPSA) is 0 Å². The van der Waals surface area contributed by atoms with E-state index < -0.39 is 6.43 Å². The van der Waals surface area contributed by atoms with Crippen molar-refractivity contribution in [2.45, 2.75) is 60.3 Å². The van der Waals surface area contributed by atoms with Gasteiger partial charge in [-0.05, 0) is 39.5 Å². The molecule has 0 spiro atoms. The Labute approximate surface area is 98.4 Å². The van der Waals surface area contributed by atoms with Gasteiger partial charge in [-0.25, -0.2) is 8.78 Å². The molecule has 1 atom stereocenters. The summed E-state index contributed by atoms with van der Waals surface area (Å²) in [7, 11) is 0. The summed E-state index contributed by atoms with van der Waals surface area (Å²) in [4.78, 5) is 0. The molecular weight excluding hydrogens is 206 g/mol. The number of alkyl halides is 2. The van der Waals surface area contributed by atoms with Gasteiger partial charge in [0.25, 0.3) is 0 Å². The second-order valence-electron chi connectivity index (χ2n) is 4.44. The second kappa shape index (κ2) is 7.59. The molecule has 0 bridgehead atoms. The van der Waals surface area contributed by atoms with Gasteiger partial charge in [-0.3, -0.25) is 0 Å². The highest BCUT2D eigenvalue weighted by Gasteiger charge is 2.15. The molecule has 0 aliphatic rings. The lowest BCUT2D eigenvalue weighted by molar-refractivity contribution is 0.120. The third kappa shape index (κ3) is 5.43. The summed E-state index contributed by atoms with van der Waals surface area (Å²) in [6.45, 7) is 10.1. The Morgan fingerprint density at radius 1 is 1.12 bits per heavy atom. The van der Waals surface area contributed by atoms with Crippen LogP contribution in [0.15, 0.2) is 22.8 Å². The molecule has 94 valence electrons. The van der Waals surface area contributed by atoms with Crippen molar-refractivity contribution in [1.82, 2.24) is 0 Å². The Kier molecular flexibility index (Phi) is 7.27. The first-order valence-electron chi connectivity index (χ1n) is 6.04. The number of halogens is 2. The van der Waals surface area contributed by atoms with Crippen LogP contribution in [0.2, 0.25) is 0 Å². The first kappa shape index (κ1) is 15.3. The van der Waals surface area contributed by atoms with E-state index in [1.807, 2.05) is 20.8 Å². The van der Waals surface area contributed by atoms with Gasteiger partial charge in [-0.2, -0.15) is 0 Å². The zero-order chi connectivity index (χ0) is 12.7. The largest absolute Gasteiger partial charge is 0.239 e. The molecule has 0 amide bonds. The van der Waals surface area contributed by atoms with Crippen LogP contribution in [0.25, 0.3) is 0 Å². The van der Waals surface area contributed by atoms with Gasteiger partial charge in [0.15, 0.2) is 0 Å². The Hall–Kier alpha value is -0.660. The fraction of sp³-hybridized carbons (Fsp3) is 0.714. The van der Waals surface area contributed by atoms with E-state index >= 15 is 0 Å². The Morgan fingerprint density at radius 3 is 2.06 bits per heavy atom. The van der Waals surface area contributed by atoms with Gasteiger partial charge in [0.2, 0.25) is 6.43 Å². The summed E-state index contributed by atoms with van der Waals surface area (Å²) < 4.78 is 24.8. The summed E-state index contributed by atoms with van der Waals surface area (Å²) in [5.74, 6) is 0.0147. The van der Waals surface area contributed by atoms with E-state index in [0.717, 1.165) is 24.0 Å². The molecule has 0 aromatic rings. The summed E-state index contributed by atoms with van der Waals surface area (Å²) in [5.41, 5.74) is 3.55. The van der Waals surface area contributed by atoms with Gasteiger partial charge >= 0.3 is 0 Å². The van der Waals surface area contributed by atoms with E-state index in [0.29, 0.717) is 0 Å². The van der Waals surface area contributed by atoms with Crippen molar-refractivity contribution in [3.8, 4) is 0 Å². The molecule has 0 radical (unpaired) electrons. The summed E-state index contributed by atoms with van der Waals surface area (Å²) in [6, 6.07) is 0. The molecule has 0 saturated carbocycles. The maximum absolute atomic E-state index is 12.4. The van der Waals surface area contributed by atoms with Crippen molar-refractivity contribution in [2.24, 2.45) is 5.92 Å². The minimum atomic E-state index is -2.20. The van der Waals surface area contributed by atoms with Crippen molar-refractivity contribution < 1.29 is 8.78 Å². The van der Waals surface area contributed by atoms with Crippen LogP contribution in [0.4, 0.5) is 8.78 Å². The predicted octanol–water partition coefficient (Wildman–Crippen LogP) is 5.36. The van der Waals surface area contributed by atoms with Crippen molar-refractivity contribution in [3.05, 3.63) is 22.8 Å². The monoisotopic (exact) mass is 230 g/mol. The van der Waals surface area contributed by atoms with Crippen LogP contribution in [-0.4, -0.2) is 6.43 Å². The van der Waals surface area contributed by atoms with E-state index in [4.69, 9.17) is 0 Å². The van der Waals surface area contributed by atoms with Crippen molar-refractivity contribution in [3.63, 3.8) is 0 Å². The van der Waals surface area contributed by atoms with E-state index in [2.05, 4.69) is 19.9 Å². The molecule has 0 aliphatic heterocycles. The molecular formula is C14H24F2. The van der Waals surface area contributed by atoms with Gasteiger partial charge in [-0.1, -0.05) is 36.6 Å². The molecule has 0 fully saturated rings. The first-order chi connectivity index (χ1) is 7.42. The van der Waals surface area contributed by atoms with E-state index in [-0.39, 0.29) is 12.3 Å². The number of hydrogen-bond donors (Lipinski definition) is 0. The summed E-state index contributed by atoms with van der Waals surface area (Å²) >= 11 is 0. The number of allylic oxidation sites excluding steroid dienone is 4. The SMILES string of the molecule is CC/C(C)=C\C(C)=C(/C)C(CC)CC(F)F. The lowest BCUT2D eigenvalue weighted by atomic mass is 9.90. The van der Waals surface area contributed by atoms with Crippen LogP contribution < -0.4 is 0 Å². The van der Waals surface area contributed by atoms with Crippen LogP contribution in [-0.2, 0) is 0 Å². The van der Waals surface area contributed by atoms with E-state index in [9.17, 15) is 8.78 Å². The predicted molar refractivity (Wildman–Crippen MR) is 66.8 cm³/mol. The highest BCUT2D eigenvalue weighted by atomic mass is 19.3. The number of hydrogen-bond acceptors (Lipinski definition) is 0. The molecule has 0 aromatic carbocycles. The third-order valence-electron chi connectivity index (χ3n) is 3.21. The normalized spacial score (nSPS) is 16.4. The quantitative estimate of drug-likeness (QED) is 0.539. The lowest BCUT2D eigenvalue weighted by Gasteiger charge is -2.17. The highest BCUT2D eigenvalue weighted by molar-refractivity contribution is 5.27. The molecule has 16 heavy (non-hydrogen) atoms. The number of rotatable bonds is 6. The zero-order valence-electron chi connectivity index (χ0n) is 11.1. The summed E-state index contributed by atoms with van der Waals surface area (Å²) in [5, 5.41) is 0. The van der Waals surface area contributed by atoms with Crippen LogP contribution in [0.1, 0.15) is 53.9 Å². The maximum Gasteiger partial charge on any atom is 0.239 e.